The van der Waals surface area contributed by atoms with E-state index in [0.29, 0.717) is 5.92 Å². The monoisotopic (exact) mass is 250 g/mol. The number of rotatable bonds is 3. The number of carbonyl (C=O) groups excluding carboxylic acids is 2. The SMILES string of the molecule is CC(C)C1=CC(=O)[C@@](C)([C@@H]2CC[C@@H](C)[C@H]2C=O)O1. The molecule has 18 heavy (non-hydrogen) atoms. The lowest BCUT2D eigenvalue weighted by atomic mass is 9.78. The van der Waals surface area contributed by atoms with Crippen LogP contribution < -0.4 is 0 Å². The summed E-state index contributed by atoms with van der Waals surface area (Å²) in [5, 5.41) is 0. The Morgan fingerprint density at radius 2 is 2.11 bits per heavy atom. The molecule has 2 rings (SSSR count). The molecule has 0 saturated heterocycles. The largest absolute Gasteiger partial charge is 0.483 e. The minimum Gasteiger partial charge on any atom is -0.483 e. The number of hydrogen-bond acceptors (Lipinski definition) is 3. The summed E-state index contributed by atoms with van der Waals surface area (Å²) in [4.78, 5) is 23.5. The van der Waals surface area contributed by atoms with Crippen molar-refractivity contribution in [3.8, 4) is 0 Å². The summed E-state index contributed by atoms with van der Waals surface area (Å²) in [5.41, 5.74) is -0.823. The summed E-state index contributed by atoms with van der Waals surface area (Å²) in [5.74, 6) is 1.31. The van der Waals surface area contributed by atoms with Gasteiger partial charge in [0.15, 0.2) is 5.60 Å². The van der Waals surface area contributed by atoms with Crippen LogP contribution in [0.3, 0.4) is 0 Å². The van der Waals surface area contributed by atoms with Crippen LogP contribution in [0.4, 0.5) is 0 Å². The lowest BCUT2D eigenvalue weighted by Gasteiger charge is -2.33. The topological polar surface area (TPSA) is 43.4 Å². The normalized spacial score (nSPS) is 39.9. The van der Waals surface area contributed by atoms with Crippen molar-refractivity contribution in [3.63, 3.8) is 0 Å². The second-order valence-corrected chi connectivity index (χ2v) is 6.15. The van der Waals surface area contributed by atoms with Crippen LogP contribution in [0.5, 0.6) is 0 Å². The molecule has 1 aliphatic heterocycles. The molecule has 1 heterocycles. The number of carbonyl (C=O) groups is 2. The second kappa shape index (κ2) is 4.52. The molecular formula is C15H22O3. The Balaban J connectivity index is 2.24. The van der Waals surface area contributed by atoms with Crippen molar-refractivity contribution in [2.24, 2.45) is 23.7 Å². The zero-order valence-corrected chi connectivity index (χ0v) is 11.6. The van der Waals surface area contributed by atoms with Gasteiger partial charge in [0.1, 0.15) is 12.0 Å². The Hall–Kier alpha value is -1.12. The Labute approximate surface area is 109 Å². The Kier molecular flexibility index (Phi) is 3.35. The van der Waals surface area contributed by atoms with Crippen LogP contribution in [0.2, 0.25) is 0 Å². The average Bonchev–Trinajstić information content (AvgIpc) is 2.82. The first-order valence-corrected chi connectivity index (χ1v) is 6.80. The second-order valence-electron chi connectivity index (χ2n) is 6.15. The van der Waals surface area contributed by atoms with Crippen molar-refractivity contribution in [2.45, 2.75) is 46.1 Å². The molecule has 0 aromatic carbocycles. The van der Waals surface area contributed by atoms with Gasteiger partial charge in [-0.2, -0.15) is 0 Å². The molecule has 0 amide bonds. The van der Waals surface area contributed by atoms with Crippen LogP contribution in [0, 0.1) is 23.7 Å². The summed E-state index contributed by atoms with van der Waals surface area (Å²) in [6, 6.07) is 0. The van der Waals surface area contributed by atoms with Crippen molar-refractivity contribution in [1.29, 1.82) is 0 Å². The smallest absolute Gasteiger partial charge is 0.202 e. The fourth-order valence-corrected chi connectivity index (χ4v) is 3.24. The van der Waals surface area contributed by atoms with E-state index in [2.05, 4.69) is 6.92 Å². The van der Waals surface area contributed by atoms with Crippen LogP contribution in [0.15, 0.2) is 11.8 Å². The van der Waals surface area contributed by atoms with Gasteiger partial charge in [0.05, 0.1) is 0 Å². The van der Waals surface area contributed by atoms with Crippen molar-refractivity contribution in [3.05, 3.63) is 11.8 Å². The Morgan fingerprint density at radius 1 is 1.44 bits per heavy atom. The van der Waals surface area contributed by atoms with Gasteiger partial charge in [-0.1, -0.05) is 20.8 Å². The Morgan fingerprint density at radius 3 is 2.61 bits per heavy atom. The molecule has 1 aliphatic carbocycles. The minimum absolute atomic E-state index is 0.0185. The molecule has 0 unspecified atom stereocenters. The molecule has 0 radical (unpaired) electrons. The molecule has 0 aromatic heterocycles. The third kappa shape index (κ3) is 1.90. The predicted molar refractivity (Wildman–Crippen MR) is 68.9 cm³/mol. The molecule has 4 atom stereocenters. The number of ketones is 1. The predicted octanol–water partition coefficient (Wildman–Crippen LogP) is 2.75. The van der Waals surface area contributed by atoms with Gasteiger partial charge in [-0.15, -0.1) is 0 Å². The number of ether oxygens (including phenoxy) is 1. The molecule has 3 nitrogen and oxygen atoms in total. The van der Waals surface area contributed by atoms with E-state index in [1.165, 1.54) is 0 Å². The van der Waals surface area contributed by atoms with Crippen LogP contribution in [0.25, 0.3) is 0 Å². The van der Waals surface area contributed by atoms with Gasteiger partial charge < -0.3 is 9.53 Å². The summed E-state index contributed by atoms with van der Waals surface area (Å²) in [6.07, 6.45) is 4.52. The first-order chi connectivity index (χ1) is 8.40. The number of aldehydes is 1. The summed E-state index contributed by atoms with van der Waals surface area (Å²) in [6.45, 7) is 7.96. The summed E-state index contributed by atoms with van der Waals surface area (Å²) in [7, 11) is 0. The van der Waals surface area contributed by atoms with Crippen LogP contribution in [-0.4, -0.2) is 17.7 Å². The summed E-state index contributed by atoms with van der Waals surface area (Å²) < 4.78 is 5.94. The van der Waals surface area contributed by atoms with E-state index in [9.17, 15) is 9.59 Å². The number of hydrogen-bond donors (Lipinski definition) is 0. The molecule has 1 fully saturated rings. The minimum atomic E-state index is -0.823. The molecule has 0 bridgehead atoms. The van der Waals surface area contributed by atoms with E-state index in [4.69, 9.17) is 4.74 Å². The zero-order valence-electron chi connectivity index (χ0n) is 11.6. The molecule has 2 aliphatic rings. The van der Waals surface area contributed by atoms with Crippen molar-refractivity contribution in [1.82, 2.24) is 0 Å². The lowest BCUT2D eigenvalue weighted by Crippen LogP contribution is -2.44. The van der Waals surface area contributed by atoms with Crippen LogP contribution >= 0.6 is 0 Å². The Bertz CT molecular complexity index is 397. The third-order valence-corrected chi connectivity index (χ3v) is 4.58. The lowest BCUT2D eigenvalue weighted by molar-refractivity contribution is -0.138. The standard InChI is InChI=1S/C15H22O3/c1-9(2)13-7-14(17)15(4,18-13)12-6-5-10(3)11(12)8-16/h7-12H,5-6H2,1-4H3/t10-,11-,12-,15-/m1/s1. The highest BCUT2D eigenvalue weighted by Crippen LogP contribution is 2.47. The van der Waals surface area contributed by atoms with Gasteiger partial charge in [-0.3, -0.25) is 4.79 Å². The van der Waals surface area contributed by atoms with E-state index >= 15 is 0 Å². The van der Waals surface area contributed by atoms with Gasteiger partial charge in [0, 0.05) is 23.8 Å². The van der Waals surface area contributed by atoms with E-state index in [0.717, 1.165) is 24.9 Å². The molecular weight excluding hydrogens is 228 g/mol. The average molecular weight is 250 g/mol. The molecule has 0 aromatic rings. The van der Waals surface area contributed by atoms with Gasteiger partial charge in [0.25, 0.3) is 0 Å². The maximum absolute atomic E-state index is 12.2. The quantitative estimate of drug-likeness (QED) is 0.723. The van der Waals surface area contributed by atoms with Crippen LogP contribution in [0.1, 0.15) is 40.5 Å². The van der Waals surface area contributed by atoms with E-state index in [1.807, 2.05) is 20.8 Å². The number of allylic oxidation sites excluding steroid dienone is 1. The highest BCUT2D eigenvalue weighted by atomic mass is 16.5. The zero-order chi connectivity index (χ0) is 13.5. The molecule has 0 N–H and O–H groups in total. The first-order valence-electron chi connectivity index (χ1n) is 6.80. The van der Waals surface area contributed by atoms with Gasteiger partial charge in [-0.05, 0) is 25.7 Å². The highest BCUT2D eigenvalue weighted by molar-refractivity contribution is 5.99. The van der Waals surface area contributed by atoms with Crippen molar-refractivity contribution >= 4 is 12.1 Å². The molecule has 1 saturated carbocycles. The van der Waals surface area contributed by atoms with Gasteiger partial charge in [0.2, 0.25) is 5.78 Å². The van der Waals surface area contributed by atoms with E-state index < -0.39 is 5.60 Å². The fraction of sp³-hybridized carbons (Fsp3) is 0.733. The van der Waals surface area contributed by atoms with Crippen molar-refractivity contribution in [2.75, 3.05) is 0 Å². The third-order valence-electron chi connectivity index (χ3n) is 4.58. The summed E-state index contributed by atoms with van der Waals surface area (Å²) >= 11 is 0. The maximum Gasteiger partial charge on any atom is 0.202 e. The van der Waals surface area contributed by atoms with Gasteiger partial charge in [-0.25, -0.2) is 0 Å². The highest BCUT2D eigenvalue weighted by Gasteiger charge is 2.53. The molecule has 0 spiro atoms. The molecule has 3 heteroatoms. The van der Waals surface area contributed by atoms with Gasteiger partial charge >= 0.3 is 0 Å². The van der Waals surface area contributed by atoms with Crippen LogP contribution in [-0.2, 0) is 14.3 Å². The van der Waals surface area contributed by atoms with E-state index in [1.54, 1.807) is 6.08 Å². The fourth-order valence-electron chi connectivity index (χ4n) is 3.24. The maximum atomic E-state index is 12.2. The van der Waals surface area contributed by atoms with E-state index in [-0.39, 0.29) is 23.5 Å². The first kappa shape index (κ1) is 13.3. The molecule has 100 valence electrons. The van der Waals surface area contributed by atoms with Crippen molar-refractivity contribution < 1.29 is 14.3 Å².